The lowest BCUT2D eigenvalue weighted by Crippen LogP contribution is -2.60. The zero-order valence-corrected chi connectivity index (χ0v) is 39.4. The molecule has 0 spiro atoms. The number of ether oxygens (including phenoxy) is 1. The van der Waals surface area contributed by atoms with E-state index in [4.69, 9.17) is 4.74 Å². The third-order valence-corrected chi connectivity index (χ3v) is 12.3. The lowest BCUT2D eigenvalue weighted by molar-refractivity contribution is -0.143. The van der Waals surface area contributed by atoms with Crippen LogP contribution in [0.5, 0.6) is 0 Å². The SMILES string of the molecule is CCC[C@H](NC(=O)[C@H](Cc1ccc(CS(=O)(=O)O)cc1)NC(=O)C1CCCO1)C(=O)N1CCC[C@H]1C(=O)N[C@@H](Cc1cccc2ccccc12)C(=O)N[C@@H](CCCC(=O)O)C(=O)NC(C)(C)C. The highest BCUT2D eigenvalue weighted by atomic mass is 32.2. The Morgan fingerprint density at radius 3 is 2.03 bits per heavy atom. The van der Waals surface area contributed by atoms with Gasteiger partial charge in [0.1, 0.15) is 42.1 Å². The van der Waals surface area contributed by atoms with Gasteiger partial charge in [-0.2, -0.15) is 8.42 Å². The van der Waals surface area contributed by atoms with Gasteiger partial charge in [-0.25, -0.2) is 0 Å². The Morgan fingerprint density at radius 1 is 0.746 bits per heavy atom. The summed E-state index contributed by atoms with van der Waals surface area (Å²) in [6.07, 6.45) is 1.60. The first-order valence-electron chi connectivity index (χ1n) is 22.9. The summed E-state index contributed by atoms with van der Waals surface area (Å²) in [6.45, 7) is 7.73. The average Bonchev–Trinajstić information content (AvgIpc) is 3.99. The Hall–Kier alpha value is -5.92. The van der Waals surface area contributed by atoms with Crippen molar-refractivity contribution in [3.05, 3.63) is 83.4 Å². The molecule has 0 saturated carbocycles. The van der Waals surface area contributed by atoms with E-state index in [0.717, 1.165) is 16.3 Å². The van der Waals surface area contributed by atoms with Crippen LogP contribution in [-0.4, -0.2) is 119 Å². The van der Waals surface area contributed by atoms with Crippen LogP contribution in [-0.2, 0) is 67.0 Å². The smallest absolute Gasteiger partial charge is 0.303 e. The molecular formula is C48H64N6O12S. The molecule has 0 bridgehead atoms. The number of aliphatic carboxylic acids is 1. The Morgan fingerprint density at radius 2 is 1.39 bits per heavy atom. The number of carbonyl (C=O) groups is 7. The molecule has 2 saturated heterocycles. The van der Waals surface area contributed by atoms with Crippen LogP contribution >= 0.6 is 0 Å². The van der Waals surface area contributed by atoms with Crippen LogP contribution in [0.1, 0.15) is 102 Å². The van der Waals surface area contributed by atoms with E-state index in [9.17, 15) is 51.6 Å². The van der Waals surface area contributed by atoms with Crippen LogP contribution in [0.2, 0.25) is 0 Å². The first-order valence-corrected chi connectivity index (χ1v) is 24.5. The first kappa shape index (κ1) is 52.1. The second-order valence-electron chi connectivity index (χ2n) is 18.3. The maximum atomic E-state index is 14.5. The zero-order chi connectivity index (χ0) is 48.9. The maximum Gasteiger partial charge on any atom is 0.303 e. The molecule has 364 valence electrons. The number of hydrogen-bond acceptors (Lipinski definition) is 10. The molecule has 3 aromatic rings. The average molecular weight is 949 g/mol. The molecule has 67 heavy (non-hydrogen) atoms. The van der Waals surface area contributed by atoms with E-state index >= 15 is 0 Å². The topological polar surface area (TPSA) is 267 Å². The Kier molecular flexibility index (Phi) is 18.4. The predicted octanol–water partition coefficient (Wildman–Crippen LogP) is 3.09. The lowest BCUT2D eigenvalue weighted by atomic mass is 9.97. The van der Waals surface area contributed by atoms with Crippen molar-refractivity contribution in [3.8, 4) is 0 Å². The number of amides is 6. The number of nitrogens with one attached hydrogen (secondary N) is 5. The van der Waals surface area contributed by atoms with Gasteiger partial charge in [-0.3, -0.25) is 38.1 Å². The number of fused-ring (bicyclic) bond motifs is 1. The molecular weight excluding hydrogens is 885 g/mol. The van der Waals surface area contributed by atoms with Crippen LogP contribution < -0.4 is 26.6 Å². The molecule has 2 aliphatic rings. The summed E-state index contributed by atoms with van der Waals surface area (Å²) in [7, 11) is -4.29. The Labute approximate surface area is 391 Å². The number of carboxylic acids is 1. The number of benzene rings is 3. The Bertz CT molecular complexity index is 2360. The summed E-state index contributed by atoms with van der Waals surface area (Å²) in [6, 6.07) is 13.6. The van der Waals surface area contributed by atoms with Crippen molar-refractivity contribution in [1.29, 1.82) is 0 Å². The number of hydrogen-bond donors (Lipinski definition) is 7. The van der Waals surface area contributed by atoms with Gasteiger partial charge in [-0.05, 0) is 93.2 Å². The normalized spacial score (nSPS) is 18.0. The van der Waals surface area contributed by atoms with Crippen LogP contribution in [0, 0.1) is 0 Å². The van der Waals surface area contributed by atoms with E-state index in [1.54, 1.807) is 32.9 Å². The number of likely N-dealkylation sites (tertiary alicyclic amines) is 1. The second-order valence-corrected chi connectivity index (χ2v) is 19.8. The minimum absolute atomic E-state index is 0.0130. The monoisotopic (exact) mass is 948 g/mol. The number of carbonyl (C=O) groups excluding carboxylic acids is 6. The third kappa shape index (κ3) is 15.8. The molecule has 2 heterocycles. The molecule has 19 heteroatoms. The summed E-state index contributed by atoms with van der Waals surface area (Å²) >= 11 is 0. The molecule has 6 atom stereocenters. The quantitative estimate of drug-likeness (QED) is 0.0717. The van der Waals surface area contributed by atoms with Crippen molar-refractivity contribution >= 4 is 62.3 Å². The van der Waals surface area contributed by atoms with Gasteiger partial charge in [0, 0.05) is 38.0 Å². The van der Waals surface area contributed by atoms with Crippen molar-refractivity contribution in [3.63, 3.8) is 0 Å². The standard InChI is InChI=1S/C48H64N6O12S/c1-5-12-36(50-42(57)37(52-46(61)40-19-11-26-66-40)27-30-21-23-31(24-22-30)29-67(63,64)65)47(62)54-25-10-18-39(54)45(60)51-38(28-33-15-8-14-32-13-6-7-16-34(32)33)43(58)49-35(17-9-20-41(55)56)44(59)53-48(2,3)4/h6-8,13-16,21-24,35-40H,5,9-12,17-20,25-29H2,1-4H3,(H,49,58)(H,50,57)(H,51,60)(H,52,61)(H,53,59)(H,55,56)(H,63,64,65)/t35-,36-,37-,38-,39-,40?/m0/s1. The molecule has 0 aromatic heterocycles. The highest BCUT2D eigenvalue weighted by Crippen LogP contribution is 2.23. The summed E-state index contributed by atoms with van der Waals surface area (Å²) in [4.78, 5) is 96.9. The van der Waals surface area contributed by atoms with Crippen molar-refractivity contribution in [2.45, 2.75) is 146 Å². The summed E-state index contributed by atoms with van der Waals surface area (Å²) in [5.41, 5.74) is 0.943. The van der Waals surface area contributed by atoms with Gasteiger partial charge in [0.25, 0.3) is 10.1 Å². The zero-order valence-electron chi connectivity index (χ0n) is 38.5. The van der Waals surface area contributed by atoms with E-state index in [1.807, 2.05) is 49.4 Å². The van der Waals surface area contributed by atoms with Gasteiger partial charge in [0.2, 0.25) is 35.4 Å². The van der Waals surface area contributed by atoms with E-state index in [2.05, 4.69) is 26.6 Å². The van der Waals surface area contributed by atoms with Crippen molar-refractivity contribution < 1.29 is 56.4 Å². The van der Waals surface area contributed by atoms with Crippen molar-refractivity contribution in [2.75, 3.05) is 13.2 Å². The van der Waals surface area contributed by atoms with Crippen LogP contribution in [0.15, 0.2) is 66.7 Å². The summed E-state index contributed by atoms with van der Waals surface area (Å²) < 4.78 is 37.7. The van der Waals surface area contributed by atoms with Gasteiger partial charge in [0.15, 0.2) is 0 Å². The minimum atomic E-state index is -4.29. The molecule has 0 aliphatic carbocycles. The van der Waals surface area contributed by atoms with Crippen LogP contribution in [0.3, 0.4) is 0 Å². The van der Waals surface area contributed by atoms with Gasteiger partial charge >= 0.3 is 5.97 Å². The summed E-state index contributed by atoms with van der Waals surface area (Å²) in [5, 5.41) is 25.1. The highest BCUT2D eigenvalue weighted by Gasteiger charge is 2.40. The molecule has 3 aromatic carbocycles. The summed E-state index contributed by atoms with van der Waals surface area (Å²) in [5.74, 6) is -5.16. The van der Waals surface area contributed by atoms with Crippen LogP contribution in [0.4, 0.5) is 0 Å². The third-order valence-electron chi connectivity index (χ3n) is 11.6. The molecule has 0 radical (unpaired) electrons. The molecule has 2 fully saturated rings. The fraction of sp³-hybridized carbons (Fsp3) is 0.521. The molecule has 7 N–H and O–H groups in total. The fourth-order valence-electron chi connectivity index (χ4n) is 8.42. The predicted molar refractivity (Wildman–Crippen MR) is 249 cm³/mol. The van der Waals surface area contributed by atoms with E-state index < -0.39 is 99.1 Å². The first-order chi connectivity index (χ1) is 31.7. The molecule has 2 aliphatic heterocycles. The van der Waals surface area contributed by atoms with Crippen LogP contribution in [0.25, 0.3) is 10.8 Å². The molecule has 1 unspecified atom stereocenters. The van der Waals surface area contributed by atoms with Gasteiger partial charge < -0.3 is 41.3 Å². The Balaban J connectivity index is 1.37. The fourth-order valence-corrected chi connectivity index (χ4v) is 9.03. The van der Waals surface area contributed by atoms with Gasteiger partial charge in [-0.1, -0.05) is 80.1 Å². The number of nitrogens with zero attached hydrogens (tertiary/aromatic N) is 1. The maximum absolute atomic E-state index is 14.5. The number of carboxylic acid groups (broad SMARTS) is 1. The van der Waals surface area contributed by atoms with E-state index in [-0.39, 0.29) is 51.5 Å². The molecule has 5 rings (SSSR count). The van der Waals surface area contributed by atoms with Gasteiger partial charge in [-0.15, -0.1) is 0 Å². The van der Waals surface area contributed by atoms with E-state index in [1.165, 1.54) is 17.0 Å². The molecule has 18 nitrogen and oxygen atoms in total. The van der Waals surface area contributed by atoms with E-state index in [0.29, 0.717) is 43.4 Å². The lowest BCUT2D eigenvalue weighted by Gasteiger charge is -2.31. The van der Waals surface area contributed by atoms with Gasteiger partial charge in [0.05, 0.1) is 0 Å². The number of rotatable bonds is 22. The van der Waals surface area contributed by atoms with Crippen molar-refractivity contribution in [2.24, 2.45) is 0 Å². The van der Waals surface area contributed by atoms with Crippen molar-refractivity contribution in [1.82, 2.24) is 31.5 Å². The minimum Gasteiger partial charge on any atom is -0.481 e. The highest BCUT2D eigenvalue weighted by molar-refractivity contribution is 7.85. The second kappa shape index (κ2) is 23.7. The largest absolute Gasteiger partial charge is 0.481 e. The molecule has 6 amide bonds.